The number of halogens is 1. The van der Waals surface area contributed by atoms with Gasteiger partial charge >= 0.3 is 158 Å². The quantitative estimate of drug-likeness (QED) is 0.155. The molecule has 2 unspecified atom stereocenters. The molecule has 0 spiro atoms. The summed E-state index contributed by atoms with van der Waals surface area (Å²) in [6, 6.07) is 0. The van der Waals surface area contributed by atoms with Crippen molar-refractivity contribution in [2.24, 2.45) is 5.92 Å². The molecule has 2 atom stereocenters. The van der Waals surface area contributed by atoms with Crippen LogP contribution in [-0.2, 0) is 0 Å². The Morgan fingerprint density at radius 2 is 1.12 bits per heavy atom. The maximum absolute atomic E-state index is 10.4. The molecule has 0 aliphatic heterocycles. The summed E-state index contributed by atoms with van der Waals surface area (Å²) in [4.78, 5) is 0. The number of hydrogen-bond donors (Lipinski definition) is 1. The molecule has 0 saturated heterocycles. The van der Waals surface area contributed by atoms with Crippen molar-refractivity contribution in [3.8, 4) is 0 Å². The average Bonchev–Trinajstić information content (AvgIpc) is 2.53. The fourth-order valence-electron chi connectivity index (χ4n) is 3.62. The summed E-state index contributed by atoms with van der Waals surface area (Å²) in [7, 11) is 0. The number of hydrogen-bond acceptors (Lipinski definition) is 1. The average molecular weight is 533 g/mol. The van der Waals surface area contributed by atoms with Gasteiger partial charge < -0.3 is 24.0 Å². The minimum absolute atomic E-state index is 0. The van der Waals surface area contributed by atoms with Gasteiger partial charge in [0.2, 0.25) is 0 Å². The Kier molecular flexibility index (Phi) is 24.5. The van der Waals surface area contributed by atoms with Crippen LogP contribution < -0.4 is 24.0 Å². The first-order chi connectivity index (χ1) is 11.6. The molecule has 0 aliphatic rings. The van der Waals surface area contributed by atoms with E-state index in [1.165, 1.54) is 88.8 Å². The van der Waals surface area contributed by atoms with E-state index in [9.17, 15) is 5.11 Å². The van der Waals surface area contributed by atoms with Crippen LogP contribution in [0, 0.1) is 5.92 Å². The molecule has 0 radical (unpaired) electrons. The van der Waals surface area contributed by atoms with Crippen molar-refractivity contribution in [1.29, 1.82) is 0 Å². The zero-order valence-corrected chi connectivity index (χ0v) is 21.6. The molecular weight excluding hydrogens is 486 g/mol. The Balaban J connectivity index is 0. The number of aliphatic hydroxyl groups excluding tert-OH is 1. The molecule has 154 valence electrons. The van der Waals surface area contributed by atoms with Crippen LogP contribution in [0.2, 0.25) is 17.0 Å². The third-order valence-corrected chi connectivity index (χ3v) is 7.42. The van der Waals surface area contributed by atoms with Crippen LogP contribution in [0.25, 0.3) is 0 Å². The second kappa shape index (κ2) is 21.5. The maximum Gasteiger partial charge on any atom is -1.00 e. The van der Waals surface area contributed by atoms with Crippen LogP contribution in [0.15, 0.2) is 0 Å². The molecule has 0 fully saturated rings. The van der Waals surface area contributed by atoms with Crippen LogP contribution in [0.4, 0.5) is 0 Å². The summed E-state index contributed by atoms with van der Waals surface area (Å²) in [5.41, 5.74) is 0. The number of unbranched alkanes of at least 4 members (excludes halogenated alkanes) is 10. The van der Waals surface area contributed by atoms with Crippen LogP contribution in [0.5, 0.6) is 0 Å². The summed E-state index contributed by atoms with van der Waals surface area (Å²) in [5.74, 6) is 5.70. The van der Waals surface area contributed by atoms with E-state index >= 15 is 0 Å². The molecule has 0 aromatic heterocycles. The van der Waals surface area contributed by atoms with Crippen molar-refractivity contribution in [3.63, 3.8) is 0 Å². The molecular formula is C22H47IOSe. The maximum atomic E-state index is 10.4. The first kappa shape index (κ1) is 28.4. The van der Waals surface area contributed by atoms with Gasteiger partial charge in [0.05, 0.1) is 0 Å². The van der Waals surface area contributed by atoms with Gasteiger partial charge in [-0.25, -0.2) is 0 Å². The summed E-state index contributed by atoms with van der Waals surface area (Å²) in [6.07, 6.45) is 19.9. The second-order valence-electron chi connectivity index (χ2n) is 8.02. The smallest absolute Gasteiger partial charge is 1.00 e. The van der Waals surface area contributed by atoms with E-state index in [0.29, 0.717) is 0 Å². The molecule has 0 bridgehead atoms. The fourth-order valence-corrected chi connectivity index (χ4v) is 6.23. The second-order valence-corrected chi connectivity index (χ2v) is 12.9. The fraction of sp³-hybridized carbons (Fsp3) is 1.00. The van der Waals surface area contributed by atoms with Crippen LogP contribution in [0.3, 0.4) is 0 Å². The molecule has 1 nitrogen and oxygen atoms in total. The van der Waals surface area contributed by atoms with E-state index in [2.05, 4.69) is 25.5 Å². The van der Waals surface area contributed by atoms with E-state index in [0.717, 1.165) is 18.8 Å². The van der Waals surface area contributed by atoms with Crippen molar-refractivity contribution in [2.45, 2.75) is 133 Å². The van der Waals surface area contributed by atoms with Gasteiger partial charge in [0.25, 0.3) is 0 Å². The first-order valence-electron chi connectivity index (χ1n) is 10.8. The standard InChI is InChI=1S/C22H47OSe.HI/c1-5-7-9-11-12-13-14-15-17-21(20-24(3)4)19-22(23)18-16-10-8-6-2;/h21-23H,5-20H2,1-4H3;1H/q+1;/p-1. The van der Waals surface area contributed by atoms with Gasteiger partial charge in [-0.05, 0) is 0 Å². The van der Waals surface area contributed by atoms with Crippen LogP contribution >= 0.6 is 0 Å². The molecule has 1 N–H and O–H groups in total. The van der Waals surface area contributed by atoms with E-state index < -0.39 is 0 Å². The van der Waals surface area contributed by atoms with Crippen molar-refractivity contribution in [1.82, 2.24) is 0 Å². The molecule has 3 heteroatoms. The summed E-state index contributed by atoms with van der Waals surface area (Å²) in [6.45, 7) is 4.54. The predicted octanol–water partition coefficient (Wildman–Crippen LogP) is 4.61. The Hall–Kier alpha value is 1.21. The van der Waals surface area contributed by atoms with Gasteiger partial charge in [-0.2, -0.15) is 0 Å². The molecule has 0 aromatic rings. The summed E-state index contributed by atoms with van der Waals surface area (Å²) >= 11 is -0.387. The van der Waals surface area contributed by atoms with E-state index in [-0.39, 0.29) is 44.0 Å². The molecule has 0 rings (SSSR count). The third-order valence-electron chi connectivity index (χ3n) is 5.03. The van der Waals surface area contributed by atoms with Crippen molar-refractivity contribution >= 4 is 13.9 Å². The first-order valence-corrected chi connectivity index (χ1v) is 15.5. The van der Waals surface area contributed by atoms with Gasteiger partial charge in [-0.15, -0.1) is 0 Å². The van der Waals surface area contributed by atoms with Gasteiger partial charge in [0.15, 0.2) is 0 Å². The molecule has 0 saturated carbocycles. The normalized spacial score (nSPS) is 13.7. The van der Waals surface area contributed by atoms with Crippen molar-refractivity contribution < 1.29 is 29.1 Å². The Morgan fingerprint density at radius 1 is 0.680 bits per heavy atom. The van der Waals surface area contributed by atoms with Crippen molar-refractivity contribution in [2.75, 3.05) is 0 Å². The van der Waals surface area contributed by atoms with Gasteiger partial charge in [-0.1, -0.05) is 0 Å². The zero-order chi connectivity index (χ0) is 18.0. The SMILES string of the molecule is CCCCCCCCCCC(CC(O)CCCCCC)C[Se+](C)C.[I-]. The predicted molar refractivity (Wildman–Crippen MR) is 112 cm³/mol. The Bertz CT molecular complexity index is 248. The molecule has 0 heterocycles. The largest absolute Gasteiger partial charge is 1.00 e. The Labute approximate surface area is 181 Å². The molecule has 25 heavy (non-hydrogen) atoms. The molecule has 0 aromatic carbocycles. The summed E-state index contributed by atoms with van der Waals surface area (Å²) < 4.78 is 0. The van der Waals surface area contributed by atoms with Crippen LogP contribution in [0.1, 0.15) is 110 Å². The molecule has 0 amide bonds. The minimum atomic E-state index is -0.387. The van der Waals surface area contributed by atoms with E-state index in [1.54, 1.807) is 0 Å². The van der Waals surface area contributed by atoms with E-state index in [4.69, 9.17) is 0 Å². The van der Waals surface area contributed by atoms with Gasteiger partial charge in [0, 0.05) is 0 Å². The Morgan fingerprint density at radius 3 is 1.64 bits per heavy atom. The minimum Gasteiger partial charge on any atom is -1.00 e. The third kappa shape index (κ3) is 21.4. The number of aliphatic hydroxyl groups is 1. The monoisotopic (exact) mass is 534 g/mol. The number of rotatable bonds is 18. The zero-order valence-electron chi connectivity index (χ0n) is 17.7. The summed E-state index contributed by atoms with van der Waals surface area (Å²) in [5, 5.41) is 11.8. The van der Waals surface area contributed by atoms with Gasteiger partial charge in [-0.3, -0.25) is 0 Å². The van der Waals surface area contributed by atoms with E-state index in [1.807, 2.05) is 0 Å². The van der Waals surface area contributed by atoms with Crippen molar-refractivity contribution in [3.05, 3.63) is 0 Å². The topological polar surface area (TPSA) is 20.2 Å². The molecule has 0 aliphatic carbocycles. The van der Waals surface area contributed by atoms with Crippen LogP contribution in [-0.4, -0.2) is 25.1 Å². The van der Waals surface area contributed by atoms with Gasteiger partial charge in [0.1, 0.15) is 0 Å².